The molecular formula is C17H23BrClN3O3. The summed E-state index contributed by atoms with van der Waals surface area (Å²) in [6, 6.07) is 2.02. The van der Waals surface area contributed by atoms with Crippen LogP contribution in [0.15, 0.2) is 16.7 Å². The smallest absolute Gasteiger partial charge is 0.409 e. The second-order valence-electron chi connectivity index (χ2n) is 6.00. The van der Waals surface area contributed by atoms with Crippen LogP contribution in [0.1, 0.15) is 49.3 Å². The van der Waals surface area contributed by atoms with E-state index in [9.17, 15) is 9.59 Å². The Morgan fingerprint density at radius 1 is 1.48 bits per heavy atom. The molecule has 1 aliphatic rings. The molecule has 6 nitrogen and oxygen atoms in total. The quantitative estimate of drug-likeness (QED) is 0.529. The molecule has 2 amide bonds. The number of carbonyl (C=O) groups is 2. The van der Waals surface area contributed by atoms with Crippen molar-refractivity contribution in [2.45, 2.75) is 45.6 Å². The zero-order valence-corrected chi connectivity index (χ0v) is 16.5. The molecule has 2 atom stereocenters. The van der Waals surface area contributed by atoms with Crippen LogP contribution in [0.3, 0.4) is 0 Å². The van der Waals surface area contributed by atoms with Gasteiger partial charge in [-0.05, 0) is 47.0 Å². The van der Waals surface area contributed by atoms with Gasteiger partial charge in [-0.25, -0.2) is 9.78 Å². The van der Waals surface area contributed by atoms with E-state index >= 15 is 0 Å². The fourth-order valence-electron chi connectivity index (χ4n) is 2.91. The molecule has 138 valence electrons. The van der Waals surface area contributed by atoms with Crippen LogP contribution in [0.25, 0.3) is 0 Å². The van der Waals surface area contributed by atoms with Gasteiger partial charge in [0.05, 0.1) is 12.6 Å². The molecular weight excluding hydrogens is 410 g/mol. The number of amides is 2. The minimum Gasteiger partial charge on any atom is -0.449 e. The van der Waals surface area contributed by atoms with E-state index in [1.807, 2.05) is 6.92 Å². The maximum absolute atomic E-state index is 12.6. The van der Waals surface area contributed by atoms with Crippen molar-refractivity contribution < 1.29 is 18.4 Å². The molecule has 2 heterocycles. The number of unbranched alkanes of at least 4 members (excludes halogenated alkanes) is 1. The van der Waals surface area contributed by atoms with Crippen LogP contribution < -0.4 is 0 Å². The van der Waals surface area contributed by atoms with Gasteiger partial charge in [0.25, 0.3) is 0 Å². The van der Waals surface area contributed by atoms with E-state index in [-0.39, 0.29) is 18.2 Å². The van der Waals surface area contributed by atoms with Gasteiger partial charge >= 0.3 is 6.09 Å². The molecule has 8 heteroatoms. The molecule has 1 aromatic heterocycles. The van der Waals surface area contributed by atoms with Gasteiger partial charge in [0.2, 0.25) is 5.91 Å². The average molecular weight is 436 g/mol. The maximum Gasteiger partial charge on any atom is 0.409 e. The molecule has 25 heavy (non-hydrogen) atoms. The average Bonchev–Trinajstić information content (AvgIpc) is 2.59. The molecule has 0 aromatic carbocycles. The van der Waals surface area contributed by atoms with E-state index in [0.29, 0.717) is 16.8 Å². The number of pyridine rings is 1. The maximum atomic E-state index is 12.6. The van der Waals surface area contributed by atoms with Crippen molar-refractivity contribution in [3.05, 3.63) is 27.5 Å². The largest absolute Gasteiger partial charge is 0.449 e. The molecule has 0 spiro atoms. The molecule has 0 N–H and O–H groups in total. The van der Waals surface area contributed by atoms with Gasteiger partial charge < -0.3 is 14.5 Å². The first-order valence-electron chi connectivity index (χ1n) is 9.62. The summed E-state index contributed by atoms with van der Waals surface area (Å²) in [5, 5.41) is 0.195. The first-order chi connectivity index (χ1) is 13.0. The Labute approximate surface area is 165 Å². The van der Waals surface area contributed by atoms with E-state index in [1.165, 1.54) is 9.80 Å². The summed E-state index contributed by atoms with van der Waals surface area (Å²) in [5.41, 5.74) is 0.586. The molecule has 0 radical (unpaired) electrons. The fourth-order valence-corrected chi connectivity index (χ4v) is 3.69. The Bertz CT molecular complexity index is 715. The van der Waals surface area contributed by atoms with Crippen LogP contribution in [0.4, 0.5) is 4.79 Å². The second-order valence-corrected chi connectivity index (χ2v) is 7.20. The lowest BCUT2D eigenvalue weighted by Gasteiger charge is -2.45. The Balaban J connectivity index is 2.36. The van der Waals surface area contributed by atoms with Crippen LogP contribution >= 0.6 is 27.5 Å². The lowest BCUT2D eigenvalue weighted by molar-refractivity contribution is -0.137. The summed E-state index contributed by atoms with van der Waals surface area (Å²) >= 11 is 9.31. The highest BCUT2D eigenvalue weighted by Crippen LogP contribution is 2.31. The van der Waals surface area contributed by atoms with Crippen molar-refractivity contribution in [3.8, 4) is 0 Å². The van der Waals surface area contributed by atoms with E-state index in [4.69, 9.17) is 20.5 Å². The van der Waals surface area contributed by atoms with E-state index in [0.717, 1.165) is 12.8 Å². The minimum atomic E-state index is -2.79. The van der Waals surface area contributed by atoms with Crippen LogP contribution in [0.5, 0.6) is 0 Å². The zero-order valence-electron chi connectivity index (χ0n) is 17.2. The molecule has 0 bridgehead atoms. The molecule has 1 saturated heterocycles. The van der Waals surface area contributed by atoms with Gasteiger partial charge in [0, 0.05) is 30.1 Å². The minimum absolute atomic E-state index is 0.101. The van der Waals surface area contributed by atoms with E-state index < -0.39 is 30.9 Å². The highest BCUT2D eigenvalue weighted by atomic mass is 79.9. The highest BCUT2D eigenvalue weighted by Gasteiger charge is 2.37. The van der Waals surface area contributed by atoms with Crippen LogP contribution in [0.2, 0.25) is 5.15 Å². The third-order valence-electron chi connectivity index (χ3n) is 4.07. The van der Waals surface area contributed by atoms with Crippen molar-refractivity contribution >= 4 is 39.5 Å². The molecule has 1 aromatic rings. The first kappa shape index (κ1) is 15.9. The van der Waals surface area contributed by atoms with Crippen molar-refractivity contribution in [3.63, 3.8) is 0 Å². The Hall–Kier alpha value is -1.34. The summed E-state index contributed by atoms with van der Waals surface area (Å²) < 4.78 is 28.4. The summed E-state index contributed by atoms with van der Waals surface area (Å²) in [5.74, 6) is -0.965. The summed E-state index contributed by atoms with van der Waals surface area (Å²) in [4.78, 5) is 31.9. The van der Waals surface area contributed by atoms with E-state index in [2.05, 4.69) is 20.9 Å². The second kappa shape index (κ2) is 8.85. The lowest BCUT2D eigenvalue weighted by Crippen LogP contribution is -2.56. The summed E-state index contributed by atoms with van der Waals surface area (Å²) in [6.45, 7) is 1.52. The molecule has 1 aliphatic heterocycles. The van der Waals surface area contributed by atoms with Gasteiger partial charge in [-0.3, -0.25) is 4.79 Å². The van der Waals surface area contributed by atoms with E-state index in [1.54, 1.807) is 19.1 Å². The summed E-state index contributed by atoms with van der Waals surface area (Å²) in [6.07, 6.45) is 1.18. The molecule has 0 unspecified atom stereocenters. The van der Waals surface area contributed by atoms with Crippen molar-refractivity contribution in [2.75, 3.05) is 19.7 Å². The third-order valence-corrected chi connectivity index (χ3v) is 4.67. The van der Waals surface area contributed by atoms with Crippen LogP contribution in [0, 0.1) is 0 Å². The van der Waals surface area contributed by atoms with Crippen LogP contribution in [-0.4, -0.2) is 52.5 Å². The zero-order chi connectivity index (χ0) is 21.1. The molecule has 2 rings (SSSR count). The number of aromatic nitrogens is 1. The number of halogens is 2. The van der Waals surface area contributed by atoms with Crippen molar-refractivity contribution in [1.82, 2.24) is 14.8 Å². The predicted molar refractivity (Wildman–Crippen MR) is 99.5 cm³/mol. The van der Waals surface area contributed by atoms with Gasteiger partial charge in [-0.2, -0.15) is 0 Å². The number of carbonyl (C=O) groups excluding carboxylic acids is 2. The van der Waals surface area contributed by atoms with Gasteiger partial charge in [-0.1, -0.05) is 24.9 Å². The van der Waals surface area contributed by atoms with Gasteiger partial charge in [0.15, 0.2) is 0 Å². The summed E-state index contributed by atoms with van der Waals surface area (Å²) in [7, 11) is 0. The van der Waals surface area contributed by atoms with Gasteiger partial charge in [0.1, 0.15) is 9.76 Å². The predicted octanol–water partition coefficient (Wildman–Crippen LogP) is 4.03. The SMILES string of the molecule is [2H]C([2H])([2H])C(=O)N1[C@H](C)CN(C(=O)OCCCC)C[C@H]1c1cc(Cl)nc(Br)c1. The fraction of sp³-hybridized carbons (Fsp3) is 0.588. The van der Waals surface area contributed by atoms with Gasteiger partial charge in [-0.15, -0.1) is 0 Å². The molecule has 0 saturated carbocycles. The molecule has 1 fully saturated rings. The Morgan fingerprint density at radius 2 is 2.24 bits per heavy atom. The number of nitrogens with zero attached hydrogens (tertiary/aromatic N) is 3. The standard InChI is InChI=1S/C17H23BrClN3O3/c1-4-5-6-25-17(24)21-9-11(2)22(12(3)23)14(10-21)13-7-15(18)20-16(19)8-13/h7-8,11,14H,4-6,9-10H2,1-3H3/t11-,14+/m1/s1/i3D3. The Kier molecular flexibility index (Phi) is 5.62. The number of ether oxygens (including phenoxy) is 1. The Morgan fingerprint density at radius 3 is 2.88 bits per heavy atom. The highest BCUT2D eigenvalue weighted by molar-refractivity contribution is 9.10. The number of hydrogen-bond acceptors (Lipinski definition) is 4. The number of hydrogen-bond donors (Lipinski definition) is 0. The number of piperazine rings is 1. The molecule has 0 aliphatic carbocycles. The number of rotatable bonds is 4. The van der Waals surface area contributed by atoms with Crippen LogP contribution in [-0.2, 0) is 9.53 Å². The third kappa shape index (κ3) is 5.07. The normalized spacial score (nSPS) is 22.8. The first-order valence-corrected chi connectivity index (χ1v) is 9.29. The monoisotopic (exact) mass is 434 g/mol. The topological polar surface area (TPSA) is 62.7 Å². The lowest BCUT2D eigenvalue weighted by atomic mass is 10.0. The van der Waals surface area contributed by atoms with Crippen molar-refractivity contribution in [1.29, 1.82) is 0 Å². The van der Waals surface area contributed by atoms with Crippen molar-refractivity contribution in [2.24, 2.45) is 0 Å².